The van der Waals surface area contributed by atoms with Crippen molar-refractivity contribution in [2.75, 3.05) is 12.0 Å². The summed E-state index contributed by atoms with van der Waals surface area (Å²) >= 11 is 0. The molecule has 0 aliphatic rings. The lowest BCUT2D eigenvalue weighted by Crippen LogP contribution is -2.00. The lowest BCUT2D eigenvalue weighted by Gasteiger charge is -2.10. The van der Waals surface area contributed by atoms with Crippen LogP contribution in [-0.4, -0.2) is 19.8 Å². The zero-order valence-electron chi connectivity index (χ0n) is 10.9. The molecule has 0 aliphatic carbocycles. The topological polar surface area (TPSA) is 89.6 Å². The molecule has 106 valence electrons. The first-order valence-corrected chi connectivity index (χ1v) is 7.76. The van der Waals surface area contributed by atoms with Gasteiger partial charge in [0, 0.05) is 6.26 Å². The minimum atomic E-state index is -3.29. The highest BCUT2D eigenvalue weighted by Gasteiger charge is 2.10. The van der Waals surface area contributed by atoms with Gasteiger partial charge in [-0.2, -0.15) is 0 Å². The minimum Gasteiger partial charge on any atom is -0.455 e. The molecule has 0 bridgehead atoms. The maximum atomic E-state index is 11.4. The van der Waals surface area contributed by atoms with Crippen molar-refractivity contribution in [3.8, 4) is 11.5 Å². The number of nitrogen functional groups attached to an aromatic ring is 1. The van der Waals surface area contributed by atoms with Crippen molar-refractivity contribution >= 4 is 15.5 Å². The summed E-state index contributed by atoms with van der Waals surface area (Å²) in [5.41, 5.74) is 6.75. The van der Waals surface area contributed by atoms with Gasteiger partial charge in [0.25, 0.3) is 0 Å². The number of hydrogen-bond donors (Lipinski definition) is 2. The zero-order valence-corrected chi connectivity index (χ0v) is 11.7. The van der Waals surface area contributed by atoms with Gasteiger partial charge in [-0.15, -0.1) is 0 Å². The van der Waals surface area contributed by atoms with Crippen LogP contribution < -0.4 is 10.5 Å². The molecule has 3 N–H and O–H groups in total. The van der Waals surface area contributed by atoms with Gasteiger partial charge in [0.05, 0.1) is 17.2 Å². The highest BCUT2D eigenvalue weighted by atomic mass is 32.2. The summed E-state index contributed by atoms with van der Waals surface area (Å²) in [6, 6.07) is 11.2. The monoisotopic (exact) mass is 293 g/mol. The third-order valence-corrected chi connectivity index (χ3v) is 3.83. The fourth-order valence-corrected chi connectivity index (χ4v) is 2.34. The van der Waals surface area contributed by atoms with Gasteiger partial charge in [-0.1, -0.05) is 12.1 Å². The molecule has 0 fully saturated rings. The summed E-state index contributed by atoms with van der Waals surface area (Å²) in [5.74, 6) is 0.892. The molecular weight excluding hydrogens is 278 g/mol. The van der Waals surface area contributed by atoms with Crippen LogP contribution in [0.5, 0.6) is 11.5 Å². The molecule has 0 aromatic heterocycles. The third-order valence-electron chi connectivity index (χ3n) is 2.72. The Morgan fingerprint density at radius 1 is 1.20 bits per heavy atom. The van der Waals surface area contributed by atoms with E-state index in [2.05, 4.69) is 0 Å². The van der Waals surface area contributed by atoms with E-state index < -0.39 is 9.84 Å². The van der Waals surface area contributed by atoms with E-state index in [1.54, 1.807) is 24.3 Å². The molecule has 2 rings (SSSR count). The molecule has 0 saturated heterocycles. The predicted octanol–water partition coefficient (Wildman–Crippen LogP) is 1.96. The van der Waals surface area contributed by atoms with Gasteiger partial charge in [-0.3, -0.25) is 0 Å². The van der Waals surface area contributed by atoms with Gasteiger partial charge in [-0.05, 0) is 35.9 Å². The Balaban J connectivity index is 2.30. The standard InChI is InChI=1S/C14H15NO4S/c1-20(17,18)12-5-6-14(13(15)8-12)19-11-4-2-3-10(7-11)9-16/h2-8,16H,9,15H2,1H3. The van der Waals surface area contributed by atoms with Crippen LogP contribution in [0.25, 0.3) is 0 Å². The number of aliphatic hydroxyl groups excluding tert-OH is 1. The highest BCUT2D eigenvalue weighted by molar-refractivity contribution is 7.90. The molecule has 6 heteroatoms. The molecule has 2 aromatic carbocycles. The molecule has 0 unspecified atom stereocenters. The second-order valence-corrected chi connectivity index (χ2v) is 6.40. The van der Waals surface area contributed by atoms with Crippen molar-refractivity contribution in [1.29, 1.82) is 0 Å². The number of nitrogens with two attached hydrogens (primary N) is 1. The minimum absolute atomic E-state index is 0.0836. The van der Waals surface area contributed by atoms with Crippen LogP contribution in [-0.2, 0) is 16.4 Å². The highest BCUT2D eigenvalue weighted by Crippen LogP contribution is 2.29. The van der Waals surface area contributed by atoms with Crippen LogP contribution in [0.4, 0.5) is 5.69 Å². The number of anilines is 1. The summed E-state index contributed by atoms with van der Waals surface area (Å²) in [4.78, 5) is 0.145. The summed E-state index contributed by atoms with van der Waals surface area (Å²) in [6.07, 6.45) is 1.12. The van der Waals surface area contributed by atoms with Crippen LogP contribution in [0, 0.1) is 0 Å². The number of ether oxygens (including phenoxy) is 1. The largest absolute Gasteiger partial charge is 0.455 e. The Kier molecular flexibility index (Phi) is 3.96. The summed E-state index contributed by atoms with van der Waals surface area (Å²) in [6.45, 7) is -0.0836. The summed E-state index contributed by atoms with van der Waals surface area (Å²) in [5, 5.41) is 9.06. The Bertz CT molecular complexity index is 726. The molecule has 0 aliphatic heterocycles. The number of sulfone groups is 1. The van der Waals surface area contributed by atoms with E-state index in [4.69, 9.17) is 15.6 Å². The molecule has 5 nitrogen and oxygen atoms in total. The van der Waals surface area contributed by atoms with Gasteiger partial charge in [0.2, 0.25) is 0 Å². The van der Waals surface area contributed by atoms with E-state index in [-0.39, 0.29) is 17.2 Å². The first-order valence-electron chi connectivity index (χ1n) is 5.87. The lowest BCUT2D eigenvalue weighted by molar-refractivity contribution is 0.281. The average molecular weight is 293 g/mol. The smallest absolute Gasteiger partial charge is 0.175 e. The third kappa shape index (κ3) is 3.28. The van der Waals surface area contributed by atoms with E-state index in [1.807, 2.05) is 0 Å². The summed E-state index contributed by atoms with van der Waals surface area (Å²) in [7, 11) is -3.29. The molecule has 0 heterocycles. The number of benzene rings is 2. The fraction of sp³-hybridized carbons (Fsp3) is 0.143. The van der Waals surface area contributed by atoms with Crippen molar-refractivity contribution < 1.29 is 18.3 Å². The lowest BCUT2D eigenvalue weighted by atomic mass is 10.2. The number of rotatable bonds is 4. The van der Waals surface area contributed by atoms with Crippen molar-refractivity contribution in [1.82, 2.24) is 0 Å². The second-order valence-electron chi connectivity index (χ2n) is 4.38. The van der Waals surface area contributed by atoms with Gasteiger partial charge >= 0.3 is 0 Å². The molecule has 20 heavy (non-hydrogen) atoms. The van der Waals surface area contributed by atoms with Crippen LogP contribution in [0.2, 0.25) is 0 Å². The van der Waals surface area contributed by atoms with Gasteiger partial charge < -0.3 is 15.6 Å². The maximum Gasteiger partial charge on any atom is 0.175 e. The molecule has 0 spiro atoms. The molecular formula is C14H15NO4S. The molecule has 0 radical (unpaired) electrons. The van der Waals surface area contributed by atoms with Crippen LogP contribution in [0.3, 0.4) is 0 Å². The number of hydrogen-bond acceptors (Lipinski definition) is 5. The predicted molar refractivity (Wildman–Crippen MR) is 76.4 cm³/mol. The first kappa shape index (κ1) is 14.4. The van der Waals surface area contributed by atoms with Crippen molar-refractivity contribution in [2.24, 2.45) is 0 Å². The van der Waals surface area contributed by atoms with E-state index in [9.17, 15) is 8.42 Å². The van der Waals surface area contributed by atoms with Crippen molar-refractivity contribution in [3.63, 3.8) is 0 Å². The van der Waals surface area contributed by atoms with Crippen LogP contribution >= 0.6 is 0 Å². The zero-order chi connectivity index (χ0) is 14.8. The van der Waals surface area contributed by atoms with E-state index in [0.717, 1.165) is 6.26 Å². The Hall–Kier alpha value is -2.05. The quantitative estimate of drug-likeness (QED) is 0.841. The molecule has 0 atom stereocenters. The Morgan fingerprint density at radius 2 is 1.95 bits per heavy atom. The van der Waals surface area contributed by atoms with Crippen LogP contribution in [0.1, 0.15) is 5.56 Å². The average Bonchev–Trinajstić information content (AvgIpc) is 2.40. The fourth-order valence-electron chi connectivity index (χ4n) is 1.68. The van der Waals surface area contributed by atoms with Gasteiger partial charge in [0.15, 0.2) is 9.84 Å². The second kappa shape index (κ2) is 5.52. The van der Waals surface area contributed by atoms with Crippen molar-refractivity contribution in [3.05, 3.63) is 48.0 Å². The van der Waals surface area contributed by atoms with E-state index in [1.165, 1.54) is 18.2 Å². The van der Waals surface area contributed by atoms with Crippen molar-refractivity contribution in [2.45, 2.75) is 11.5 Å². The SMILES string of the molecule is CS(=O)(=O)c1ccc(Oc2cccc(CO)c2)c(N)c1. The number of aliphatic hydroxyl groups is 1. The first-order chi connectivity index (χ1) is 9.40. The summed E-state index contributed by atoms with van der Waals surface area (Å²) < 4.78 is 28.4. The van der Waals surface area contributed by atoms with Crippen LogP contribution in [0.15, 0.2) is 47.4 Å². The maximum absolute atomic E-state index is 11.4. The molecule has 2 aromatic rings. The Labute approximate surface area is 117 Å². The molecule has 0 saturated carbocycles. The van der Waals surface area contributed by atoms with E-state index >= 15 is 0 Å². The van der Waals surface area contributed by atoms with Gasteiger partial charge in [0.1, 0.15) is 11.5 Å². The molecule has 0 amide bonds. The van der Waals surface area contributed by atoms with Gasteiger partial charge in [-0.25, -0.2) is 8.42 Å². The Morgan fingerprint density at radius 3 is 2.55 bits per heavy atom. The normalized spacial score (nSPS) is 11.3. The van der Waals surface area contributed by atoms with E-state index in [0.29, 0.717) is 17.1 Å².